The van der Waals surface area contributed by atoms with Crippen LogP contribution in [0, 0.1) is 5.92 Å². The van der Waals surface area contributed by atoms with Gasteiger partial charge in [-0.25, -0.2) is 0 Å². The number of hydrogen-bond acceptors (Lipinski definition) is 3. The number of para-hydroxylation sites is 2. The van der Waals surface area contributed by atoms with Gasteiger partial charge in [-0.3, -0.25) is 0 Å². The fourth-order valence-electron chi connectivity index (χ4n) is 2.28. The topological polar surface area (TPSA) is 21.3 Å². The lowest BCUT2D eigenvalue weighted by Gasteiger charge is -2.30. The van der Waals surface area contributed by atoms with Crippen LogP contribution in [0.2, 0.25) is 0 Å². The van der Waals surface area contributed by atoms with Crippen molar-refractivity contribution in [3.63, 3.8) is 0 Å². The van der Waals surface area contributed by atoms with Crippen molar-refractivity contribution in [1.82, 2.24) is 0 Å². The third-order valence-electron chi connectivity index (χ3n) is 3.41. The molecule has 0 saturated carbocycles. The molecule has 0 aliphatic carbocycles. The van der Waals surface area contributed by atoms with Crippen LogP contribution in [0.1, 0.15) is 33.6 Å². The second-order valence-corrected chi connectivity index (χ2v) is 7.16. The molecule has 1 aromatic carbocycles. The first-order valence-corrected chi connectivity index (χ1v) is 8.31. The van der Waals surface area contributed by atoms with Crippen molar-refractivity contribution in [3.05, 3.63) is 24.3 Å². The van der Waals surface area contributed by atoms with E-state index in [9.17, 15) is 0 Å². The van der Waals surface area contributed by atoms with Gasteiger partial charge in [0.2, 0.25) is 0 Å². The first-order chi connectivity index (χ1) is 9.16. The molecule has 3 heteroatoms. The van der Waals surface area contributed by atoms with E-state index < -0.39 is 0 Å². The maximum Gasteiger partial charge on any atom is 0.142 e. The number of rotatable bonds is 5. The highest BCUT2D eigenvalue weighted by Crippen LogP contribution is 2.31. The molecule has 1 N–H and O–H groups in total. The summed E-state index contributed by atoms with van der Waals surface area (Å²) < 4.78 is 5.91. The Hall–Kier alpha value is -0.830. The summed E-state index contributed by atoms with van der Waals surface area (Å²) in [4.78, 5) is 0. The molecule has 1 saturated heterocycles. The molecule has 0 bridgehead atoms. The molecule has 2 unspecified atom stereocenters. The molecule has 106 valence electrons. The fraction of sp³-hybridized carbons (Fsp3) is 0.625. The van der Waals surface area contributed by atoms with Gasteiger partial charge in [-0.05, 0) is 36.6 Å². The van der Waals surface area contributed by atoms with Crippen molar-refractivity contribution in [1.29, 1.82) is 0 Å². The Morgan fingerprint density at radius 1 is 1.37 bits per heavy atom. The summed E-state index contributed by atoms with van der Waals surface area (Å²) in [6, 6.07) is 8.86. The Balaban J connectivity index is 2.02. The largest absolute Gasteiger partial charge is 0.491 e. The molecule has 2 atom stereocenters. The minimum Gasteiger partial charge on any atom is -0.491 e. The van der Waals surface area contributed by atoms with E-state index >= 15 is 0 Å². The molecule has 2 rings (SSSR count). The second kappa shape index (κ2) is 7.09. The molecular weight excluding hydrogens is 254 g/mol. The highest BCUT2D eigenvalue weighted by Gasteiger charge is 2.22. The lowest BCUT2D eigenvalue weighted by Crippen LogP contribution is -2.32. The summed E-state index contributed by atoms with van der Waals surface area (Å²) in [6.07, 6.45) is 2.56. The summed E-state index contributed by atoms with van der Waals surface area (Å²) in [7, 11) is 0. The Bertz CT molecular complexity index is 394. The van der Waals surface area contributed by atoms with Crippen molar-refractivity contribution in [2.45, 2.75) is 44.9 Å². The van der Waals surface area contributed by atoms with Gasteiger partial charge >= 0.3 is 0 Å². The van der Waals surface area contributed by atoms with Gasteiger partial charge in [0.15, 0.2) is 0 Å². The van der Waals surface area contributed by atoms with Crippen LogP contribution in [0.3, 0.4) is 0 Å². The molecule has 1 aliphatic rings. The van der Waals surface area contributed by atoms with Crippen LogP contribution < -0.4 is 10.1 Å². The van der Waals surface area contributed by atoms with Gasteiger partial charge in [-0.1, -0.05) is 32.9 Å². The number of thioether (sulfide) groups is 1. The Morgan fingerprint density at radius 2 is 2.16 bits per heavy atom. The minimum absolute atomic E-state index is 0.553. The van der Waals surface area contributed by atoms with Crippen molar-refractivity contribution in [2.24, 2.45) is 5.92 Å². The Labute approximate surface area is 121 Å². The molecule has 0 spiro atoms. The molecule has 1 aromatic rings. The van der Waals surface area contributed by atoms with Gasteiger partial charge in [0.05, 0.1) is 12.3 Å². The molecule has 1 fully saturated rings. The first-order valence-electron chi connectivity index (χ1n) is 7.27. The van der Waals surface area contributed by atoms with Gasteiger partial charge in [0.25, 0.3) is 0 Å². The molecule has 1 heterocycles. The SMILES string of the molecule is CC(C)COc1ccccc1NC1CCCSC1C. The zero-order valence-electron chi connectivity index (χ0n) is 12.2. The van der Waals surface area contributed by atoms with Gasteiger partial charge in [-0.15, -0.1) is 0 Å². The predicted molar refractivity (Wildman–Crippen MR) is 85.3 cm³/mol. The zero-order chi connectivity index (χ0) is 13.7. The van der Waals surface area contributed by atoms with Crippen LogP contribution in [0.15, 0.2) is 24.3 Å². The summed E-state index contributed by atoms with van der Waals surface area (Å²) in [5.74, 6) is 2.83. The van der Waals surface area contributed by atoms with Gasteiger partial charge in [0.1, 0.15) is 5.75 Å². The molecule has 2 nitrogen and oxygen atoms in total. The average molecular weight is 279 g/mol. The maximum atomic E-state index is 5.91. The number of nitrogens with one attached hydrogen (secondary N) is 1. The average Bonchev–Trinajstić information content (AvgIpc) is 2.40. The van der Waals surface area contributed by atoms with Crippen LogP contribution in [0.5, 0.6) is 5.75 Å². The van der Waals surface area contributed by atoms with Gasteiger partial charge in [0, 0.05) is 11.3 Å². The third kappa shape index (κ3) is 4.34. The summed E-state index contributed by atoms with van der Waals surface area (Å²) in [5.41, 5.74) is 1.14. The smallest absolute Gasteiger partial charge is 0.142 e. The Kier molecular flexibility index (Phi) is 5.44. The second-order valence-electron chi connectivity index (χ2n) is 5.67. The van der Waals surface area contributed by atoms with Gasteiger partial charge in [-0.2, -0.15) is 11.8 Å². The summed E-state index contributed by atoms with van der Waals surface area (Å²) in [5, 5.41) is 4.35. The lowest BCUT2D eigenvalue weighted by atomic mass is 10.1. The van der Waals surface area contributed by atoms with E-state index in [4.69, 9.17) is 4.74 Å². The van der Waals surface area contributed by atoms with Gasteiger partial charge < -0.3 is 10.1 Å². The predicted octanol–water partition coefficient (Wildman–Crippen LogP) is 4.42. The maximum absolute atomic E-state index is 5.91. The minimum atomic E-state index is 0.553. The van der Waals surface area contributed by atoms with E-state index in [0.29, 0.717) is 17.2 Å². The quantitative estimate of drug-likeness (QED) is 0.862. The van der Waals surface area contributed by atoms with E-state index in [-0.39, 0.29) is 0 Å². The number of hydrogen-bond donors (Lipinski definition) is 1. The number of anilines is 1. The van der Waals surface area contributed by atoms with E-state index in [1.165, 1.54) is 18.6 Å². The molecule has 0 radical (unpaired) electrons. The van der Waals surface area contributed by atoms with Crippen LogP contribution in [-0.2, 0) is 0 Å². The fourth-order valence-corrected chi connectivity index (χ4v) is 3.42. The highest BCUT2D eigenvalue weighted by molar-refractivity contribution is 8.00. The third-order valence-corrected chi connectivity index (χ3v) is 4.79. The van der Waals surface area contributed by atoms with E-state index in [2.05, 4.69) is 56.0 Å². The normalized spacial score (nSPS) is 23.4. The number of ether oxygens (including phenoxy) is 1. The summed E-state index contributed by atoms with van der Waals surface area (Å²) in [6.45, 7) is 7.44. The van der Waals surface area contributed by atoms with Crippen LogP contribution in [0.4, 0.5) is 5.69 Å². The van der Waals surface area contributed by atoms with Crippen LogP contribution >= 0.6 is 11.8 Å². The molecular formula is C16H25NOS. The molecule has 19 heavy (non-hydrogen) atoms. The van der Waals surface area contributed by atoms with Crippen molar-refractivity contribution in [2.75, 3.05) is 17.7 Å². The Morgan fingerprint density at radius 3 is 2.89 bits per heavy atom. The highest BCUT2D eigenvalue weighted by atomic mass is 32.2. The van der Waals surface area contributed by atoms with Crippen molar-refractivity contribution >= 4 is 17.4 Å². The van der Waals surface area contributed by atoms with E-state index in [1.54, 1.807) is 0 Å². The number of benzene rings is 1. The molecule has 1 aliphatic heterocycles. The van der Waals surface area contributed by atoms with E-state index in [1.807, 2.05) is 6.07 Å². The monoisotopic (exact) mass is 279 g/mol. The lowest BCUT2D eigenvalue weighted by molar-refractivity contribution is 0.272. The molecule has 0 aromatic heterocycles. The summed E-state index contributed by atoms with van der Waals surface area (Å²) >= 11 is 2.07. The first kappa shape index (κ1) is 14.6. The zero-order valence-corrected chi connectivity index (χ0v) is 13.0. The standard InChI is InChI=1S/C16H25NOS/c1-12(2)11-18-16-9-5-4-7-15(16)17-14-8-6-10-19-13(14)3/h4-5,7,9,12-14,17H,6,8,10-11H2,1-3H3. The van der Waals surface area contributed by atoms with E-state index in [0.717, 1.165) is 18.0 Å². The van der Waals surface area contributed by atoms with Crippen LogP contribution in [0.25, 0.3) is 0 Å². The van der Waals surface area contributed by atoms with Crippen molar-refractivity contribution < 1.29 is 4.74 Å². The molecule has 0 amide bonds. The van der Waals surface area contributed by atoms with Crippen LogP contribution in [-0.4, -0.2) is 23.7 Å². The van der Waals surface area contributed by atoms with Crippen molar-refractivity contribution in [3.8, 4) is 5.75 Å².